The van der Waals surface area contributed by atoms with Crippen molar-refractivity contribution in [3.63, 3.8) is 0 Å². The number of aliphatic hydroxyl groups excluding tert-OH is 1. The highest BCUT2D eigenvalue weighted by Gasteiger charge is 2.42. The highest BCUT2D eigenvalue weighted by Crippen LogP contribution is 2.43. The number of ether oxygens (including phenoxy) is 3. The number of aliphatic hydroxyl groups is 1. The average molecular weight is 1040 g/mol. The quantitative estimate of drug-likeness (QED) is 0.0502. The second-order valence-corrected chi connectivity index (χ2v) is 23.8. The van der Waals surface area contributed by atoms with E-state index in [9.17, 15) is 29.1 Å². The van der Waals surface area contributed by atoms with E-state index < -0.39 is 12.0 Å². The Labute approximate surface area is 441 Å². The van der Waals surface area contributed by atoms with Crippen molar-refractivity contribution in [2.24, 2.45) is 5.92 Å². The van der Waals surface area contributed by atoms with Crippen molar-refractivity contribution in [2.75, 3.05) is 35.0 Å². The molecule has 4 aliphatic heterocycles. The molecule has 3 N–H and O–H groups in total. The van der Waals surface area contributed by atoms with Gasteiger partial charge in [0.25, 0.3) is 11.8 Å². The second kappa shape index (κ2) is 22.7. The third-order valence-electron chi connectivity index (χ3n) is 14.7. The average Bonchev–Trinajstić information content (AvgIpc) is 3.91. The lowest BCUT2D eigenvalue weighted by Gasteiger charge is -2.26. The fourth-order valence-electron chi connectivity index (χ4n) is 10.7. The maximum Gasteiger partial charge on any atom is 0.258 e. The van der Waals surface area contributed by atoms with Crippen molar-refractivity contribution >= 4 is 68.1 Å². The van der Waals surface area contributed by atoms with Crippen LogP contribution in [-0.4, -0.2) is 77.4 Å². The van der Waals surface area contributed by atoms with Crippen molar-refractivity contribution in [1.29, 1.82) is 0 Å². The lowest BCUT2D eigenvalue weighted by Crippen LogP contribution is -2.43. The van der Waals surface area contributed by atoms with Gasteiger partial charge in [0.1, 0.15) is 24.7 Å². The number of anilines is 3. The van der Waals surface area contributed by atoms with E-state index >= 15 is 0 Å². The number of carbonyl (C=O) groups excluding carboxylic acids is 5. The van der Waals surface area contributed by atoms with Gasteiger partial charge < -0.3 is 39.8 Å². The summed E-state index contributed by atoms with van der Waals surface area (Å²) in [6.45, 7) is 8.08. The van der Waals surface area contributed by atoms with Crippen LogP contribution >= 0.6 is 21.6 Å². The minimum absolute atomic E-state index is 0.0133. The number of ketones is 1. The molecule has 4 amide bonds. The third-order valence-corrected chi connectivity index (χ3v) is 18.1. The molecule has 0 fully saturated rings. The summed E-state index contributed by atoms with van der Waals surface area (Å²) in [6, 6.07) is 28.7. The molecule has 4 heterocycles. The van der Waals surface area contributed by atoms with Gasteiger partial charge in [0.2, 0.25) is 11.8 Å². The van der Waals surface area contributed by atoms with E-state index in [1.54, 1.807) is 53.6 Å². The van der Waals surface area contributed by atoms with Crippen LogP contribution in [0.4, 0.5) is 17.1 Å². The number of amides is 4. The van der Waals surface area contributed by atoms with Crippen LogP contribution in [0.2, 0.25) is 0 Å². The monoisotopic (exact) mass is 1040 g/mol. The molecule has 388 valence electrons. The predicted octanol–water partition coefficient (Wildman–Crippen LogP) is 10.2. The molecule has 0 radical (unpaired) electrons. The van der Waals surface area contributed by atoms with Gasteiger partial charge in [-0.25, -0.2) is 0 Å². The molecule has 15 heteroatoms. The summed E-state index contributed by atoms with van der Waals surface area (Å²) in [5.74, 6) is 1.28. The van der Waals surface area contributed by atoms with E-state index in [0.717, 1.165) is 64.2 Å². The van der Waals surface area contributed by atoms with Crippen LogP contribution in [0.15, 0.2) is 91.0 Å². The molecule has 9 rings (SSSR count). The van der Waals surface area contributed by atoms with E-state index in [1.807, 2.05) is 90.7 Å². The minimum Gasteiger partial charge on any atom is -0.493 e. The summed E-state index contributed by atoms with van der Waals surface area (Å²) in [4.78, 5) is 70.7. The number of rotatable bonds is 20. The molecule has 4 aliphatic rings. The summed E-state index contributed by atoms with van der Waals surface area (Å²) >= 11 is 0. The number of benzene rings is 5. The normalized spacial score (nSPS) is 17.9. The molecule has 1 unspecified atom stereocenters. The van der Waals surface area contributed by atoms with E-state index in [4.69, 9.17) is 14.2 Å². The Kier molecular flexibility index (Phi) is 16.1. The highest BCUT2D eigenvalue weighted by molar-refractivity contribution is 8.77. The maximum atomic E-state index is 14.2. The first-order valence-electron chi connectivity index (χ1n) is 25.7. The number of aryl methyl sites for hydroxylation is 2. The smallest absolute Gasteiger partial charge is 0.258 e. The van der Waals surface area contributed by atoms with Crippen molar-refractivity contribution in [3.8, 4) is 17.2 Å². The molecule has 0 aromatic heterocycles. The molecule has 74 heavy (non-hydrogen) atoms. The first kappa shape index (κ1) is 52.6. The van der Waals surface area contributed by atoms with Gasteiger partial charge in [0.15, 0.2) is 11.5 Å². The number of carbonyl (C=O) groups is 5. The van der Waals surface area contributed by atoms with Gasteiger partial charge in [0.05, 0.1) is 19.3 Å². The summed E-state index contributed by atoms with van der Waals surface area (Å²) < 4.78 is 18.7. The third kappa shape index (κ3) is 11.6. The van der Waals surface area contributed by atoms with Gasteiger partial charge in [-0.2, -0.15) is 0 Å². The zero-order valence-corrected chi connectivity index (χ0v) is 44.7. The predicted molar refractivity (Wildman–Crippen MR) is 293 cm³/mol. The lowest BCUT2D eigenvalue weighted by molar-refractivity contribution is -0.125. The molecule has 0 saturated carbocycles. The van der Waals surface area contributed by atoms with Crippen molar-refractivity contribution < 1.29 is 43.3 Å². The van der Waals surface area contributed by atoms with E-state index in [2.05, 4.69) is 30.5 Å². The first-order valence-corrected chi connectivity index (χ1v) is 28.0. The Morgan fingerprint density at radius 2 is 1.43 bits per heavy atom. The topological polar surface area (TPSA) is 164 Å². The Hall–Kier alpha value is -6.29. The number of Topliss-reactive ketones (excluding diaryl/α,β-unsaturated/α-hetero) is 1. The summed E-state index contributed by atoms with van der Waals surface area (Å²) in [7, 11) is 6.62. The van der Waals surface area contributed by atoms with Crippen LogP contribution in [0.1, 0.15) is 119 Å². The number of fused-ring (bicyclic) bond motifs is 8. The molecule has 0 bridgehead atoms. The molecule has 5 aromatic carbocycles. The highest BCUT2D eigenvalue weighted by atomic mass is 33.1. The molecule has 0 spiro atoms. The Balaban J connectivity index is 0.912. The number of para-hydroxylation sites is 2. The van der Waals surface area contributed by atoms with Gasteiger partial charge in [-0.05, 0) is 153 Å². The number of methoxy groups -OCH3 is 1. The fraction of sp³-hybridized carbons (Fsp3) is 0.407. The number of nitrogens with one attached hydrogen (secondary N) is 2. The van der Waals surface area contributed by atoms with Crippen LogP contribution < -0.4 is 34.6 Å². The molecule has 4 atom stereocenters. The number of hydrogen-bond acceptors (Lipinski definition) is 11. The van der Waals surface area contributed by atoms with Crippen LogP contribution in [0.25, 0.3) is 0 Å². The Bertz CT molecular complexity index is 2980. The fourth-order valence-corrected chi connectivity index (χ4v) is 13.3. The standard InChI is InChI=1S/C59H66N4O9S2/c1-35-23-46-42(29-51(65)50-28-41-13-8-10-15-49(41)63(50)58(46)69)31-52(35)71-33-37-24-38(26-43(25-37)61-56(67)36(2)22-45(64)19-20-59(3,4)74-73-21-11-16-55(66)60-5)34-72-54-30-39-17-18-44-27-40-12-7-9-14-48(40)62(44)57(68)47(39)32-53(54)70-6/h7-10,12-15,23-26,30-32,36,44,50-51,65H,11,16-22,27-29,33-34H2,1-6H3,(H,60,66)(H,61,67)/t36-,44-,50+,51?/m1/s1. The van der Waals surface area contributed by atoms with Crippen molar-refractivity contribution in [2.45, 2.75) is 128 Å². The van der Waals surface area contributed by atoms with Gasteiger partial charge in [-0.15, -0.1) is 0 Å². The zero-order valence-electron chi connectivity index (χ0n) is 43.1. The molecular formula is C59H66N4O9S2. The van der Waals surface area contributed by atoms with Gasteiger partial charge in [-0.1, -0.05) is 64.9 Å². The Morgan fingerprint density at radius 1 is 0.784 bits per heavy atom. The van der Waals surface area contributed by atoms with Gasteiger partial charge >= 0.3 is 0 Å². The first-order chi connectivity index (χ1) is 35.6. The van der Waals surface area contributed by atoms with Crippen LogP contribution in [0, 0.1) is 12.8 Å². The molecule has 0 aliphatic carbocycles. The van der Waals surface area contributed by atoms with Gasteiger partial charge in [-0.3, -0.25) is 24.0 Å². The number of hydrogen-bond donors (Lipinski definition) is 3. The summed E-state index contributed by atoms with van der Waals surface area (Å²) in [5.41, 5.74) is 9.49. The molecule has 5 aromatic rings. The second-order valence-electron chi connectivity index (χ2n) is 20.7. The van der Waals surface area contributed by atoms with Crippen LogP contribution in [-0.2, 0) is 53.3 Å². The Morgan fingerprint density at radius 3 is 2.15 bits per heavy atom. The summed E-state index contributed by atoms with van der Waals surface area (Å²) in [5, 5.41) is 17.2. The van der Waals surface area contributed by atoms with Crippen molar-refractivity contribution in [1.82, 2.24) is 5.32 Å². The van der Waals surface area contributed by atoms with E-state index in [-0.39, 0.29) is 65.9 Å². The van der Waals surface area contributed by atoms with Crippen molar-refractivity contribution in [3.05, 3.63) is 141 Å². The largest absolute Gasteiger partial charge is 0.493 e. The van der Waals surface area contributed by atoms with E-state index in [0.29, 0.717) is 78.2 Å². The van der Waals surface area contributed by atoms with Gasteiger partial charge in [0, 0.05) is 83.4 Å². The maximum absolute atomic E-state index is 14.2. The SMILES string of the molecule is CNC(=O)CCCSSC(C)(C)CCC(=O)C[C@@H](C)C(=O)Nc1cc(COc2cc3c(cc2C)C(=O)N2c4ccccc4C[C@H]2C(O)C3)cc(COc2cc3c(cc2OC)C(=O)N2c4ccccc4C[C@H]2CC3)c1. The lowest BCUT2D eigenvalue weighted by atomic mass is 9.96. The zero-order chi connectivity index (χ0) is 52.3. The minimum atomic E-state index is -0.773. The van der Waals surface area contributed by atoms with Crippen LogP contribution in [0.3, 0.4) is 0 Å². The molecule has 13 nitrogen and oxygen atoms in total. The summed E-state index contributed by atoms with van der Waals surface area (Å²) in [6.07, 6.45) is 4.79. The molecule has 0 saturated heterocycles. The number of nitrogens with zero attached hydrogens (tertiary/aromatic N) is 2. The van der Waals surface area contributed by atoms with Crippen LogP contribution in [0.5, 0.6) is 17.2 Å². The van der Waals surface area contributed by atoms with E-state index in [1.165, 1.54) is 5.56 Å². The molecular weight excluding hydrogens is 973 g/mol.